The largest absolute Gasteiger partial charge is 0.339 e. The number of benzene rings is 2. The number of non-ortho nitro benzene ring substituents is 1. The number of nitrogens with zero attached hydrogens (tertiary/aromatic N) is 2. The molecule has 7 nitrogen and oxygen atoms in total. The number of carbonyl (C=O) groups is 2. The zero-order valence-corrected chi connectivity index (χ0v) is 15.8. The number of hydrogen-bond donors (Lipinski definition) is 1. The summed E-state index contributed by atoms with van der Waals surface area (Å²) in [5, 5.41) is 13.7. The summed E-state index contributed by atoms with van der Waals surface area (Å²) in [6.07, 6.45) is 2.14. The smallest absolute Gasteiger partial charge is 0.269 e. The van der Waals surface area contributed by atoms with E-state index in [4.69, 9.17) is 0 Å². The van der Waals surface area contributed by atoms with E-state index in [1.165, 1.54) is 29.8 Å². The van der Waals surface area contributed by atoms with Crippen LogP contribution < -0.4 is 5.32 Å². The highest BCUT2D eigenvalue weighted by molar-refractivity contribution is 5.95. The minimum atomic E-state index is -0.492. The molecular formula is C21H23N3O4. The fraction of sp³-hybridized carbons (Fsp3) is 0.333. The van der Waals surface area contributed by atoms with Crippen molar-refractivity contribution in [2.45, 2.75) is 26.2 Å². The van der Waals surface area contributed by atoms with Crippen LogP contribution in [-0.4, -0.2) is 34.7 Å². The summed E-state index contributed by atoms with van der Waals surface area (Å²) >= 11 is 0. The SMILES string of the molecule is CCc1ccc(NC(=O)C2CCN(C(=O)c3ccc([N+](=O)[O-])cc3)CC2)cc1. The number of hydrogen-bond acceptors (Lipinski definition) is 4. The average Bonchev–Trinajstić information content (AvgIpc) is 2.74. The van der Waals surface area contributed by atoms with Crippen LogP contribution in [-0.2, 0) is 11.2 Å². The molecule has 0 saturated carbocycles. The van der Waals surface area contributed by atoms with E-state index in [0.29, 0.717) is 31.5 Å². The molecule has 0 unspecified atom stereocenters. The maximum Gasteiger partial charge on any atom is 0.269 e. The normalized spacial score (nSPS) is 14.5. The first-order chi connectivity index (χ1) is 13.5. The molecule has 0 spiro atoms. The van der Waals surface area contributed by atoms with Crippen LogP contribution in [0.4, 0.5) is 11.4 Å². The molecular weight excluding hydrogens is 358 g/mol. The Labute approximate surface area is 163 Å². The molecule has 0 aliphatic carbocycles. The van der Waals surface area contributed by atoms with Crippen molar-refractivity contribution in [2.24, 2.45) is 5.92 Å². The molecule has 1 saturated heterocycles. The first-order valence-electron chi connectivity index (χ1n) is 9.41. The number of nitro benzene ring substituents is 1. The first kappa shape index (κ1) is 19.5. The van der Waals surface area contributed by atoms with Gasteiger partial charge in [0.2, 0.25) is 5.91 Å². The lowest BCUT2D eigenvalue weighted by Crippen LogP contribution is -2.41. The lowest BCUT2D eigenvalue weighted by atomic mass is 9.95. The van der Waals surface area contributed by atoms with Crippen molar-refractivity contribution in [3.63, 3.8) is 0 Å². The number of amides is 2. The van der Waals surface area contributed by atoms with Crippen LogP contribution in [0.15, 0.2) is 48.5 Å². The van der Waals surface area contributed by atoms with Crippen LogP contribution in [0.2, 0.25) is 0 Å². The summed E-state index contributed by atoms with van der Waals surface area (Å²) in [4.78, 5) is 37.0. The predicted molar refractivity (Wildman–Crippen MR) is 106 cm³/mol. The molecule has 1 aliphatic heterocycles. The summed E-state index contributed by atoms with van der Waals surface area (Å²) < 4.78 is 0. The predicted octanol–water partition coefficient (Wildman–Crippen LogP) is 3.65. The number of nitrogens with one attached hydrogen (secondary N) is 1. The van der Waals surface area contributed by atoms with Crippen LogP contribution in [0, 0.1) is 16.0 Å². The number of rotatable bonds is 5. The molecule has 3 rings (SSSR count). The maximum absolute atomic E-state index is 12.6. The van der Waals surface area contributed by atoms with Crippen molar-refractivity contribution in [3.05, 3.63) is 69.8 Å². The fourth-order valence-corrected chi connectivity index (χ4v) is 3.32. The Hall–Kier alpha value is -3.22. The van der Waals surface area contributed by atoms with E-state index in [0.717, 1.165) is 12.1 Å². The van der Waals surface area contributed by atoms with E-state index in [2.05, 4.69) is 12.2 Å². The molecule has 1 heterocycles. The van der Waals surface area contributed by atoms with Crippen LogP contribution in [0.3, 0.4) is 0 Å². The molecule has 7 heteroatoms. The van der Waals surface area contributed by atoms with Crippen molar-refractivity contribution < 1.29 is 14.5 Å². The van der Waals surface area contributed by atoms with E-state index in [1.807, 2.05) is 24.3 Å². The lowest BCUT2D eigenvalue weighted by Gasteiger charge is -2.31. The topological polar surface area (TPSA) is 92.6 Å². The van der Waals surface area contributed by atoms with E-state index in [-0.39, 0.29) is 23.4 Å². The number of likely N-dealkylation sites (tertiary alicyclic amines) is 1. The van der Waals surface area contributed by atoms with Gasteiger partial charge in [0.25, 0.3) is 11.6 Å². The number of piperidine rings is 1. The molecule has 28 heavy (non-hydrogen) atoms. The third-order valence-corrected chi connectivity index (χ3v) is 5.11. The van der Waals surface area contributed by atoms with Crippen LogP contribution in [0.5, 0.6) is 0 Å². The van der Waals surface area contributed by atoms with E-state index >= 15 is 0 Å². The van der Waals surface area contributed by atoms with Gasteiger partial charge < -0.3 is 10.2 Å². The van der Waals surface area contributed by atoms with Crippen LogP contribution >= 0.6 is 0 Å². The number of anilines is 1. The molecule has 0 bridgehead atoms. The van der Waals surface area contributed by atoms with Gasteiger partial charge >= 0.3 is 0 Å². The van der Waals surface area contributed by atoms with Gasteiger partial charge in [-0.3, -0.25) is 19.7 Å². The highest BCUT2D eigenvalue weighted by atomic mass is 16.6. The van der Waals surface area contributed by atoms with Crippen LogP contribution in [0.25, 0.3) is 0 Å². The Bertz CT molecular complexity index is 854. The summed E-state index contributed by atoms with van der Waals surface area (Å²) in [5.41, 5.74) is 2.38. The molecule has 2 aromatic rings. The zero-order chi connectivity index (χ0) is 20.1. The van der Waals surface area contributed by atoms with Gasteiger partial charge in [-0.05, 0) is 49.1 Å². The molecule has 1 N–H and O–H groups in total. The second-order valence-corrected chi connectivity index (χ2v) is 6.91. The standard InChI is InChI=1S/C21H23N3O4/c1-2-15-3-7-18(8-4-15)22-20(25)16-11-13-23(14-12-16)21(26)17-5-9-19(10-6-17)24(27)28/h3-10,16H,2,11-14H2,1H3,(H,22,25). The van der Waals surface area contributed by atoms with Gasteiger partial charge in [0.1, 0.15) is 0 Å². The van der Waals surface area contributed by atoms with Gasteiger partial charge in [-0.1, -0.05) is 19.1 Å². The molecule has 1 aliphatic rings. The quantitative estimate of drug-likeness (QED) is 0.632. The average molecular weight is 381 g/mol. The van der Waals surface area contributed by atoms with Gasteiger partial charge in [-0.15, -0.1) is 0 Å². The minimum Gasteiger partial charge on any atom is -0.339 e. The van der Waals surface area contributed by atoms with Crippen molar-refractivity contribution in [3.8, 4) is 0 Å². The second-order valence-electron chi connectivity index (χ2n) is 6.91. The highest BCUT2D eigenvalue weighted by Crippen LogP contribution is 2.22. The summed E-state index contributed by atoms with van der Waals surface area (Å²) in [6.45, 7) is 3.06. The summed E-state index contributed by atoms with van der Waals surface area (Å²) in [5.74, 6) is -0.317. The molecule has 0 atom stereocenters. The molecule has 0 aromatic heterocycles. The van der Waals surface area contributed by atoms with Gasteiger partial charge in [0.05, 0.1) is 4.92 Å². The third-order valence-electron chi connectivity index (χ3n) is 5.11. The third kappa shape index (κ3) is 4.54. The molecule has 2 amide bonds. The summed E-state index contributed by atoms with van der Waals surface area (Å²) in [6, 6.07) is 13.4. The van der Waals surface area contributed by atoms with E-state index in [9.17, 15) is 19.7 Å². The number of aryl methyl sites for hydroxylation is 1. The van der Waals surface area contributed by atoms with Gasteiger partial charge in [-0.25, -0.2) is 0 Å². The van der Waals surface area contributed by atoms with Crippen molar-refractivity contribution in [2.75, 3.05) is 18.4 Å². The van der Waals surface area contributed by atoms with Gasteiger partial charge in [-0.2, -0.15) is 0 Å². The van der Waals surface area contributed by atoms with Crippen molar-refractivity contribution in [1.82, 2.24) is 4.90 Å². The highest BCUT2D eigenvalue weighted by Gasteiger charge is 2.28. The molecule has 1 fully saturated rings. The minimum absolute atomic E-state index is 0.0216. The molecule has 0 radical (unpaired) electrons. The second kappa shape index (κ2) is 8.65. The Morgan fingerprint density at radius 3 is 2.21 bits per heavy atom. The Morgan fingerprint density at radius 1 is 1.07 bits per heavy atom. The monoisotopic (exact) mass is 381 g/mol. The lowest BCUT2D eigenvalue weighted by molar-refractivity contribution is -0.384. The van der Waals surface area contributed by atoms with Crippen molar-refractivity contribution >= 4 is 23.2 Å². The summed E-state index contributed by atoms with van der Waals surface area (Å²) in [7, 11) is 0. The van der Waals surface area contributed by atoms with Gasteiger partial charge in [0.15, 0.2) is 0 Å². The number of nitro groups is 1. The Kier molecular flexibility index (Phi) is 6.03. The van der Waals surface area contributed by atoms with Crippen molar-refractivity contribution in [1.29, 1.82) is 0 Å². The first-order valence-corrected chi connectivity index (χ1v) is 9.41. The maximum atomic E-state index is 12.6. The van der Waals surface area contributed by atoms with Crippen LogP contribution in [0.1, 0.15) is 35.7 Å². The molecule has 2 aromatic carbocycles. The Balaban J connectivity index is 1.53. The number of carbonyl (C=O) groups excluding carboxylic acids is 2. The Morgan fingerprint density at radius 2 is 1.68 bits per heavy atom. The molecule has 146 valence electrons. The zero-order valence-electron chi connectivity index (χ0n) is 15.8. The van der Waals surface area contributed by atoms with E-state index < -0.39 is 4.92 Å². The fourth-order valence-electron chi connectivity index (χ4n) is 3.32. The van der Waals surface area contributed by atoms with E-state index in [1.54, 1.807) is 4.90 Å². The van der Waals surface area contributed by atoms with Gasteiger partial charge in [0, 0.05) is 42.4 Å².